The lowest BCUT2D eigenvalue weighted by molar-refractivity contribution is 0.0778. The quantitative estimate of drug-likeness (QED) is 0.751. The molecule has 0 aliphatic rings. The van der Waals surface area contributed by atoms with Crippen LogP contribution in [-0.4, -0.2) is 36.0 Å². The van der Waals surface area contributed by atoms with Gasteiger partial charge >= 0.3 is 0 Å². The number of rotatable bonds is 6. The number of nitrogens with zero attached hydrogens (tertiary/aromatic N) is 2. The van der Waals surface area contributed by atoms with Gasteiger partial charge in [-0.2, -0.15) is 0 Å². The topological polar surface area (TPSA) is 42.4 Å². The fourth-order valence-corrected chi connectivity index (χ4v) is 2.55. The lowest BCUT2D eigenvalue weighted by atomic mass is 10.1. The number of hydrogen-bond acceptors (Lipinski definition) is 3. The maximum atomic E-state index is 12.7. The first kappa shape index (κ1) is 17.7. The molecule has 0 fully saturated rings. The van der Waals surface area contributed by atoms with Crippen molar-refractivity contribution in [2.75, 3.05) is 20.2 Å². The van der Waals surface area contributed by atoms with E-state index in [-0.39, 0.29) is 5.91 Å². The maximum absolute atomic E-state index is 12.7. The largest absolute Gasteiger partial charge is 0.494 e. The van der Waals surface area contributed by atoms with Gasteiger partial charge in [0.15, 0.2) is 0 Å². The van der Waals surface area contributed by atoms with Gasteiger partial charge in [0.2, 0.25) is 0 Å². The Morgan fingerprint density at radius 2 is 2.04 bits per heavy atom. The van der Waals surface area contributed by atoms with Crippen LogP contribution in [0.1, 0.15) is 29.9 Å². The van der Waals surface area contributed by atoms with Crippen molar-refractivity contribution in [3.63, 3.8) is 0 Å². The molecule has 126 valence electrons. The van der Waals surface area contributed by atoms with Crippen molar-refractivity contribution in [1.29, 1.82) is 0 Å². The molecule has 0 aliphatic carbocycles. The molecule has 1 amide bonds. The molecule has 0 bridgehead atoms. The molecule has 1 aromatic carbocycles. The van der Waals surface area contributed by atoms with Gasteiger partial charge in [-0.25, -0.2) is 4.98 Å². The number of pyridine rings is 1. The molecular formula is C20H24N2O2. The average molecular weight is 324 g/mol. The van der Waals surface area contributed by atoms with Gasteiger partial charge in [0.25, 0.3) is 5.91 Å². The van der Waals surface area contributed by atoms with E-state index in [1.54, 1.807) is 12.0 Å². The highest BCUT2D eigenvalue weighted by molar-refractivity contribution is 5.95. The van der Waals surface area contributed by atoms with Crippen LogP contribution in [0.5, 0.6) is 5.75 Å². The van der Waals surface area contributed by atoms with Crippen LogP contribution in [0.3, 0.4) is 0 Å². The first-order chi connectivity index (χ1) is 11.5. The third-order valence-electron chi connectivity index (χ3n) is 3.73. The van der Waals surface area contributed by atoms with E-state index in [4.69, 9.17) is 4.74 Å². The number of aromatic nitrogens is 1. The molecule has 0 unspecified atom stereocenters. The van der Waals surface area contributed by atoms with Crippen molar-refractivity contribution < 1.29 is 9.53 Å². The van der Waals surface area contributed by atoms with Crippen molar-refractivity contribution in [3.8, 4) is 17.0 Å². The summed E-state index contributed by atoms with van der Waals surface area (Å²) < 4.78 is 5.41. The van der Waals surface area contributed by atoms with E-state index in [1.807, 2.05) is 57.2 Å². The summed E-state index contributed by atoms with van der Waals surface area (Å²) in [6.07, 6.45) is 0. The summed E-state index contributed by atoms with van der Waals surface area (Å²) in [7, 11) is 1.62. The van der Waals surface area contributed by atoms with E-state index in [2.05, 4.69) is 11.6 Å². The number of benzene rings is 1. The van der Waals surface area contributed by atoms with Gasteiger partial charge in [0, 0.05) is 29.9 Å². The minimum absolute atomic E-state index is 0.00558. The highest BCUT2D eigenvalue weighted by Crippen LogP contribution is 2.29. The van der Waals surface area contributed by atoms with E-state index in [9.17, 15) is 4.79 Å². The first-order valence-corrected chi connectivity index (χ1v) is 8.02. The molecule has 0 saturated carbocycles. The maximum Gasteiger partial charge on any atom is 0.254 e. The summed E-state index contributed by atoms with van der Waals surface area (Å²) in [5, 5.41) is 0. The zero-order chi connectivity index (χ0) is 17.7. The standard InChI is InChI=1S/C20H24N2O2/c1-6-22(13-14(2)3)20(23)17-9-7-8-16(12-17)19-18(24-5)11-10-15(4)21-19/h7-12H,2,6,13H2,1,3-5H3. The second-order valence-corrected chi connectivity index (χ2v) is 5.86. The van der Waals surface area contributed by atoms with Crippen molar-refractivity contribution >= 4 is 5.91 Å². The van der Waals surface area contributed by atoms with Gasteiger partial charge in [0.05, 0.1) is 7.11 Å². The Bertz CT molecular complexity index is 753. The number of carbonyl (C=O) groups excluding carboxylic acids is 1. The van der Waals surface area contributed by atoms with Crippen LogP contribution in [0.2, 0.25) is 0 Å². The zero-order valence-corrected chi connectivity index (χ0v) is 14.8. The van der Waals surface area contributed by atoms with Gasteiger partial charge in [-0.3, -0.25) is 4.79 Å². The second kappa shape index (κ2) is 7.77. The molecule has 0 spiro atoms. The minimum atomic E-state index is -0.00558. The fourth-order valence-electron chi connectivity index (χ4n) is 2.55. The van der Waals surface area contributed by atoms with Crippen molar-refractivity contribution in [1.82, 2.24) is 9.88 Å². The third-order valence-corrected chi connectivity index (χ3v) is 3.73. The second-order valence-electron chi connectivity index (χ2n) is 5.86. The molecule has 0 atom stereocenters. The lowest BCUT2D eigenvalue weighted by Gasteiger charge is -2.21. The highest BCUT2D eigenvalue weighted by Gasteiger charge is 2.16. The normalized spacial score (nSPS) is 10.3. The van der Waals surface area contributed by atoms with E-state index in [0.717, 1.165) is 22.5 Å². The summed E-state index contributed by atoms with van der Waals surface area (Å²) in [4.78, 5) is 19.1. The summed E-state index contributed by atoms with van der Waals surface area (Å²) >= 11 is 0. The highest BCUT2D eigenvalue weighted by atomic mass is 16.5. The predicted molar refractivity (Wildman–Crippen MR) is 97.4 cm³/mol. The molecule has 2 aromatic rings. The number of carbonyl (C=O) groups is 1. The van der Waals surface area contributed by atoms with Crippen LogP contribution in [0.15, 0.2) is 48.6 Å². The van der Waals surface area contributed by atoms with Crippen LogP contribution < -0.4 is 4.74 Å². The van der Waals surface area contributed by atoms with Crippen molar-refractivity contribution in [2.45, 2.75) is 20.8 Å². The van der Waals surface area contributed by atoms with E-state index < -0.39 is 0 Å². The SMILES string of the molecule is C=C(C)CN(CC)C(=O)c1cccc(-c2nc(C)ccc2OC)c1. The van der Waals surface area contributed by atoms with Gasteiger partial charge in [0.1, 0.15) is 11.4 Å². The van der Waals surface area contributed by atoms with E-state index >= 15 is 0 Å². The van der Waals surface area contributed by atoms with Crippen LogP contribution in [0.25, 0.3) is 11.3 Å². The number of hydrogen-bond donors (Lipinski definition) is 0. The molecule has 1 heterocycles. The summed E-state index contributed by atoms with van der Waals surface area (Å²) in [6.45, 7) is 10.9. The number of likely N-dealkylation sites (N-methyl/N-ethyl adjacent to an activating group) is 1. The van der Waals surface area contributed by atoms with Crippen molar-refractivity contribution in [3.05, 3.63) is 59.8 Å². The Labute approximate surface area is 143 Å². The first-order valence-electron chi connectivity index (χ1n) is 8.02. The molecule has 4 nitrogen and oxygen atoms in total. The van der Waals surface area contributed by atoms with Crippen LogP contribution in [0.4, 0.5) is 0 Å². The van der Waals surface area contributed by atoms with Crippen LogP contribution in [0, 0.1) is 6.92 Å². The minimum Gasteiger partial charge on any atom is -0.494 e. The molecule has 1 aromatic heterocycles. The number of amides is 1. The third kappa shape index (κ3) is 4.02. The van der Waals surface area contributed by atoms with Gasteiger partial charge in [-0.15, -0.1) is 0 Å². The van der Waals surface area contributed by atoms with E-state index in [0.29, 0.717) is 24.4 Å². The zero-order valence-electron chi connectivity index (χ0n) is 14.8. The molecule has 4 heteroatoms. The predicted octanol–water partition coefficient (Wildman–Crippen LogP) is 4.10. The molecule has 0 aliphatic heterocycles. The smallest absolute Gasteiger partial charge is 0.254 e. The Balaban J connectivity index is 2.40. The average Bonchev–Trinajstić information content (AvgIpc) is 2.59. The molecule has 2 rings (SSSR count). The van der Waals surface area contributed by atoms with Gasteiger partial charge < -0.3 is 9.64 Å². The molecule has 0 N–H and O–H groups in total. The molecule has 24 heavy (non-hydrogen) atoms. The van der Waals surface area contributed by atoms with Crippen molar-refractivity contribution in [2.24, 2.45) is 0 Å². The summed E-state index contributed by atoms with van der Waals surface area (Å²) in [6, 6.07) is 11.3. The van der Waals surface area contributed by atoms with E-state index in [1.165, 1.54) is 0 Å². The Hall–Kier alpha value is -2.62. The number of methoxy groups -OCH3 is 1. The number of ether oxygens (including phenoxy) is 1. The van der Waals surface area contributed by atoms with Gasteiger partial charge in [-0.1, -0.05) is 24.3 Å². The Morgan fingerprint density at radius 1 is 1.29 bits per heavy atom. The number of aryl methyl sites for hydroxylation is 1. The van der Waals surface area contributed by atoms with Crippen LogP contribution in [-0.2, 0) is 0 Å². The summed E-state index contributed by atoms with van der Waals surface area (Å²) in [5.41, 5.74) is 4.12. The lowest BCUT2D eigenvalue weighted by Crippen LogP contribution is -2.32. The molecule has 0 radical (unpaired) electrons. The van der Waals surface area contributed by atoms with Gasteiger partial charge in [-0.05, 0) is 45.0 Å². The Kier molecular flexibility index (Phi) is 5.74. The monoisotopic (exact) mass is 324 g/mol. The fraction of sp³-hybridized carbons (Fsp3) is 0.300. The Morgan fingerprint density at radius 3 is 2.67 bits per heavy atom. The molecule has 0 saturated heterocycles. The molecular weight excluding hydrogens is 300 g/mol. The van der Waals surface area contributed by atoms with Crippen LogP contribution >= 0.6 is 0 Å². The summed E-state index contributed by atoms with van der Waals surface area (Å²) in [5.74, 6) is 0.688.